The number of carbonyl (C=O) groups excluding carboxylic acids is 2. The monoisotopic (exact) mass is 311 g/mol. The fourth-order valence-corrected chi connectivity index (χ4v) is 2.29. The first kappa shape index (κ1) is 17.4. The molecule has 0 aliphatic rings. The van der Waals surface area contributed by atoms with Crippen LogP contribution >= 0.6 is 11.8 Å². The highest BCUT2D eigenvalue weighted by atomic mass is 32.2. The van der Waals surface area contributed by atoms with E-state index in [-0.39, 0.29) is 11.7 Å². The molecule has 1 aromatic heterocycles. The molecule has 1 unspecified atom stereocenters. The van der Waals surface area contributed by atoms with Gasteiger partial charge in [-0.15, -0.1) is 0 Å². The van der Waals surface area contributed by atoms with Gasteiger partial charge >= 0.3 is 5.97 Å². The normalized spacial score (nSPS) is 11.8. The number of rotatable bonds is 7. The molecule has 0 saturated carbocycles. The van der Waals surface area contributed by atoms with E-state index in [1.807, 2.05) is 26.8 Å². The standard InChI is InChI=1S/C14H21N3O3S/c1-5-6-15-13(19)11(4)20-12(18)8-21-14-16-9(2)7-10(3)17-14/h7,11H,5-6,8H2,1-4H3,(H,15,19). The SMILES string of the molecule is CCCNC(=O)C(C)OC(=O)CSc1nc(C)cc(C)n1. The molecule has 1 rings (SSSR count). The van der Waals surface area contributed by atoms with E-state index in [9.17, 15) is 9.59 Å². The number of esters is 1. The molecule has 1 heterocycles. The molecular weight excluding hydrogens is 290 g/mol. The first-order chi connectivity index (χ1) is 9.92. The van der Waals surface area contributed by atoms with E-state index in [1.165, 1.54) is 11.8 Å². The summed E-state index contributed by atoms with van der Waals surface area (Å²) in [5, 5.41) is 3.21. The summed E-state index contributed by atoms with van der Waals surface area (Å²) in [6, 6.07) is 1.86. The summed E-state index contributed by atoms with van der Waals surface area (Å²) in [6.07, 6.45) is 0.0524. The molecular formula is C14H21N3O3S. The molecule has 0 saturated heterocycles. The molecule has 0 radical (unpaired) electrons. The quantitative estimate of drug-likeness (QED) is 0.468. The minimum Gasteiger partial charge on any atom is -0.452 e. The van der Waals surface area contributed by atoms with Gasteiger partial charge in [-0.2, -0.15) is 0 Å². The zero-order chi connectivity index (χ0) is 15.8. The van der Waals surface area contributed by atoms with Crippen molar-refractivity contribution in [3.8, 4) is 0 Å². The Morgan fingerprint density at radius 3 is 2.52 bits per heavy atom. The molecule has 0 aliphatic carbocycles. The summed E-state index contributed by atoms with van der Waals surface area (Å²) in [5.41, 5.74) is 1.70. The summed E-state index contributed by atoms with van der Waals surface area (Å²) in [6.45, 7) is 7.83. The molecule has 1 N–H and O–H groups in total. The van der Waals surface area contributed by atoms with Crippen LogP contribution in [-0.2, 0) is 14.3 Å². The first-order valence-corrected chi connectivity index (χ1v) is 7.83. The average molecular weight is 311 g/mol. The van der Waals surface area contributed by atoms with E-state index < -0.39 is 12.1 Å². The van der Waals surface area contributed by atoms with Crippen LogP contribution in [0.3, 0.4) is 0 Å². The fraction of sp³-hybridized carbons (Fsp3) is 0.571. The largest absolute Gasteiger partial charge is 0.452 e. The van der Waals surface area contributed by atoms with Crippen molar-refractivity contribution in [2.45, 2.75) is 45.4 Å². The van der Waals surface area contributed by atoms with Gasteiger partial charge in [-0.1, -0.05) is 18.7 Å². The average Bonchev–Trinajstić information content (AvgIpc) is 2.41. The summed E-state index contributed by atoms with van der Waals surface area (Å²) in [5.74, 6) is -0.659. The Bertz CT molecular complexity index is 488. The number of carbonyl (C=O) groups is 2. The van der Waals surface area contributed by atoms with Crippen LogP contribution in [0.1, 0.15) is 31.7 Å². The van der Waals surface area contributed by atoms with Gasteiger partial charge < -0.3 is 10.1 Å². The Labute approximate surface area is 129 Å². The molecule has 0 aromatic carbocycles. The van der Waals surface area contributed by atoms with Crippen LogP contribution in [0.15, 0.2) is 11.2 Å². The van der Waals surface area contributed by atoms with E-state index >= 15 is 0 Å². The topological polar surface area (TPSA) is 81.2 Å². The van der Waals surface area contributed by atoms with Gasteiger partial charge in [0.05, 0.1) is 5.75 Å². The summed E-state index contributed by atoms with van der Waals surface area (Å²) < 4.78 is 5.06. The second kappa shape index (κ2) is 8.61. The number of hydrogen-bond acceptors (Lipinski definition) is 6. The van der Waals surface area contributed by atoms with Gasteiger partial charge in [-0.05, 0) is 33.3 Å². The summed E-state index contributed by atoms with van der Waals surface area (Å²) in [4.78, 5) is 31.7. The zero-order valence-electron chi connectivity index (χ0n) is 12.8. The molecule has 0 fully saturated rings. The predicted octanol–water partition coefficient (Wildman–Crippen LogP) is 1.64. The van der Waals surface area contributed by atoms with Gasteiger partial charge in [0, 0.05) is 17.9 Å². The summed E-state index contributed by atoms with van der Waals surface area (Å²) in [7, 11) is 0. The maximum atomic E-state index is 11.7. The number of nitrogens with one attached hydrogen (secondary N) is 1. The smallest absolute Gasteiger partial charge is 0.317 e. The Kier molecular flexibility index (Phi) is 7.14. The van der Waals surface area contributed by atoms with Gasteiger partial charge in [-0.25, -0.2) is 9.97 Å². The Balaban J connectivity index is 2.41. The van der Waals surface area contributed by atoms with Crippen molar-refractivity contribution in [1.82, 2.24) is 15.3 Å². The Hall–Kier alpha value is -1.63. The first-order valence-electron chi connectivity index (χ1n) is 6.84. The number of amides is 1. The molecule has 21 heavy (non-hydrogen) atoms. The highest BCUT2D eigenvalue weighted by Crippen LogP contribution is 2.14. The number of thioether (sulfide) groups is 1. The van der Waals surface area contributed by atoms with Gasteiger partial charge in [0.2, 0.25) is 0 Å². The maximum Gasteiger partial charge on any atom is 0.317 e. The number of ether oxygens (including phenoxy) is 1. The molecule has 6 nitrogen and oxygen atoms in total. The van der Waals surface area contributed by atoms with E-state index in [0.29, 0.717) is 11.7 Å². The number of hydrogen-bond donors (Lipinski definition) is 1. The van der Waals surface area contributed by atoms with Crippen LogP contribution in [0.5, 0.6) is 0 Å². The molecule has 0 bridgehead atoms. The molecule has 0 spiro atoms. The molecule has 1 aromatic rings. The summed E-state index contributed by atoms with van der Waals surface area (Å²) >= 11 is 1.20. The van der Waals surface area contributed by atoms with Crippen LogP contribution in [0, 0.1) is 13.8 Å². The number of aryl methyl sites for hydroxylation is 2. The highest BCUT2D eigenvalue weighted by Gasteiger charge is 2.17. The number of aromatic nitrogens is 2. The molecule has 1 atom stereocenters. The van der Waals surface area contributed by atoms with E-state index in [0.717, 1.165) is 17.8 Å². The van der Waals surface area contributed by atoms with Crippen LogP contribution in [0.2, 0.25) is 0 Å². The van der Waals surface area contributed by atoms with Crippen molar-refractivity contribution in [3.63, 3.8) is 0 Å². The van der Waals surface area contributed by atoms with E-state index in [1.54, 1.807) is 6.92 Å². The van der Waals surface area contributed by atoms with Crippen molar-refractivity contribution in [2.24, 2.45) is 0 Å². The van der Waals surface area contributed by atoms with E-state index in [2.05, 4.69) is 15.3 Å². The lowest BCUT2D eigenvalue weighted by Crippen LogP contribution is -2.36. The third kappa shape index (κ3) is 6.57. The third-order valence-electron chi connectivity index (χ3n) is 2.51. The minimum absolute atomic E-state index is 0.0777. The second-order valence-electron chi connectivity index (χ2n) is 4.65. The van der Waals surface area contributed by atoms with Crippen molar-refractivity contribution >= 4 is 23.6 Å². The Morgan fingerprint density at radius 1 is 1.33 bits per heavy atom. The molecule has 116 valence electrons. The zero-order valence-corrected chi connectivity index (χ0v) is 13.6. The van der Waals surface area contributed by atoms with Crippen LogP contribution < -0.4 is 5.32 Å². The van der Waals surface area contributed by atoms with Crippen LogP contribution in [-0.4, -0.2) is 40.2 Å². The lowest BCUT2D eigenvalue weighted by Gasteiger charge is -2.12. The lowest BCUT2D eigenvalue weighted by atomic mass is 10.3. The van der Waals surface area contributed by atoms with Gasteiger partial charge in [0.25, 0.3) is 5.91 Å². The fourth-order valence-electron chi connectivity index (χ4n) is 1.56. The third-order valence-corrected chi connectivity index (χ3v) is 3.33. The molecule has 7 heteroatoms. The second-order valence-corrected chi connectivity index (χ2v) is 5.59. The van der Waals surface area contributed by atoms with Crippen molar-refractivity contribution < 1.29 is 14.3 Å². The van der Waals surface area contributed by atoms with Gasteiger partial charge in [0.1, 0.15) is 0 Å². The van der Waals surface area contributed by atoms with Crippen molar-refractivity contribution in [1.29, 1.82) is 0 Å². The van der Waals surface area contributed by atoms with Crippen LogP contribution in [0.4, 0.5) is 0 Å². The van der Waals surface area contributed by atoms with Crippen molar-refractivity contribution in [2.75, 3.05) is 12.3 Å². The van der Waals surface area contributed by atoms with Gasteiger partial charge in [-0.3, -0.25) is 9.59 Å². The van der Waals surface area contributed by atoms with Crippen LogP contribution in [0.25, 0.3) is 0 Å². The van der Waals surface area contributed by atoms with E-state index in [4.69, 9.17) is 4.74 Å². The molecule has 0 aliphatic heterocycles. The van der Waals surface area contributed by atoms with Crippen molar-refractivity contribution in [3.05, 3.63) is 17.5 Å². The Morgan fingerprint density at radius 2 is 1.95 bits per heavy atom. The van der Waals surface area contributed by atoms with Gasteiger partial charge in [0.15, 0.2) is 11.3 Å². The predicted molar refractivity (Wildman–Crippen MR) is 81.1 cm³/mol. The maximum absolute atomic E-state index is 11.7. The molecule has 1 amide bonds. The highest BCUT2D eigenvalue weighted by molar-refractivity contribution is 7.99. The lowest BCUT2D eigenvalue weighted by molar-refractivity contribution is -0.152. The minimum atomic E-state index is -0.787. The number of nitrogens with zero attached hydrogens (tertiary/aromatic N) is 2.